The van der Waals surface area contributed by atoms with E-state index in [-0.39, 0.29) is 0 Å². The minimum absolute atomic E-state index is 0.640. The number of fused-ring (bicyclic) bond motifs is 6. The van der Waals surface area contributed by atoms with Gasteiger partial charge in [-0.2, -0.15) is 0 Å². The Kier molecular flexibility index (Phi) is 9.16. The molecule has 0 saturated heterocycles. The Morgan fingerprint density at radius 1 is 0.312 bits per heavy atom. The van der Waals surface area contributed by atoms with Gasteiger partial charge in [-0.15, -0.1) is 0 Å². The van der Waals surface area contributed by atoms with E-state index in [2.05, 4.69) is 211 Å². The van der Waals surface area contributed by atoms with E-state index in [1.54, 1.807) is 0 Å². The maximum absolute atomic E-state index is 6.15. The molecular formula is C61H40N2O. The predicted octanol–water partition coefficient (Wildman–Crippen LogP) is 17.1. The van der Waals surface area contributed by atoms with Gasteiger partial charge in [0.05, 0.1) is 5.69 Å². The summed E-state index contributed by atoms with van der Waals surface area (Å²) >= 11 is 0. The first-order valence-electron chi connectivity index (χ1n) is 21.8. The smallest absolute Gasteiger partial charge is 0.227 e. The van der Waals surface area contributed by atoms with Crippen molar-refractivity contribution in [3.8, 4) is 56.0 Å². The van der Waals surface area contributed by atoms with Crippen molar-refractivity contribution in [2.45, 2.75) is 0 Å². The molecule has 0 amide bonds. The van der Waals surface area contributed by atoms with Gasteiger partial charge in [0.25, 0.3) is 0 Å². The Morgan fingerprint density at radius 3 is 1.55 bits per heavy atom. The molecule has 12 aromatic rings. The quantitative estimate of drug-likeness (QED) is 0.143. The van der Waals surface area contributed by atoms with Crippen LogP contribution in [0.25, 0.3) is 99.4 Å². The highest BCUT2D eigenvalue weighted by atomic mass is 16.3. The number of rotatable bonds is 8. The molecule has 3 nitrogen and oxygen atoms in total. The highest BCUT2D eigenvalue weighted by Crippen LogP contribution is 2.43. The Hall–Kier alpha value is -8.53. The Morgan fingerprint density at radius 2 is 0.828 bits per heavy atom. The van der Waals surface area contributed by atoms with Gasteiger partial charge in [-0.1, -0.05) is 182 Å². The summed E-state index contributed by atoms with van der Waals surface area (Å²) in [5.74, 6) is 0.640. The summed E-state index contributed by atoms with van der Waals surface area (Å²) < 4.78 is 6.15. The molecule has 0 aliphatic rings. The lowest BCUT2D eigenvalue weighted by Gasteiger charge is -2.28. The Bertz CT molecular complexity index is 3630. The van der Waals surface area contributed by atoms with Gasteiger partial charge in [-0.25, -0.2) is 4.98 Å². The maximum Gasteiger partial charge on any atom is 0.227 e. The van der Waals surface area contributed by atoms with Crippen LogP contribution < -0.4 is 4.90 Å². The van der Waals surface area contributed by atoms with Crippen LogP contribution in [0.2, 0.25) is 0 Å². The molecule has 0 unspecified atom stereocenters. The molecular weight excluding hydrogens is 777 g/mol. The summed E-state index contributed by atoms with van der Waals surface area (Å²) in [7, 11) is 0. The minimum atomic E-state index is 0.640. The second-order valence-electron chi connectivity index (χ2n) is 16.3. The first kappa shape index (κ1) is 37.2. The molecule has 12 rings (SSSR count). The summed E-state index contributed by atoms with van der Waals surface area (Å²) in [6.45, 7) is 0. The van der Waals surface area contributed by atoms with E-state index in [1.165, 1.54) is 43.8 Å². The molecule has 0 radical (unpaired) electrons. The first-order chi connectivity index (χ1) is 31.7. The van der Waals surface area contributed by atoms with Crippen molar-refractivity contribution in [3.05, 3.63) is 243 Å². The highest BCUT2D eigenvalue weighted by molar-refractivity contribution is 6.14. The molecule has 0 aliphatic heterocycles. The lowest BCUT2D eigenvalue weighted by atomic mass is 9.93. The number of para-hydroxylation sites is 1. The second-order valence-corrected chi connectivity index (χ2v) is 16.3. The van der Waals surface area contributed by atoms with Crippen LogP contribution in [0.1, 0.15) is 0 Å². The number of oxazole rings is 1. The van der Waals surface area contributed by atoms with E-state index in [0.29, 0.717) is 5.89 Å². The molecule has 0 atom stereocenters. The minimum Gasteiger partial charge on any atom is -0.436 e. The fraction of sp³-hybridized carbons (Fsp3) is 0. The van der Waals surface area contributed by atoms with Gasteiger partial charge in [-0.05, 0) is 127 Å². The number of hydrogen-bond donors (Lipinski definition) is 0. The van der Waals surface area contributed by atoms with Crippen LogP contribution >= 0.6 is 0 Å². The third-order valence-corrected chi connectivity index (χ3v) is 12.5. The zero-order chi connectivity index (χ0) is 42.4. The lowest BCUT2D eigenvalue weighted by molar-refractivity contribution is 0.620. The standard InChI is InChI=1S/C61H40N2O/c1-3-13-44(14-4-1)53-19-11-12-22-58(53)63(51-35-29-45(30-36-51)57-40-48-17-7-8-18-52(48)55-20-9-10-21-56(55)57)50-33-27-42(28-34-50)41-23-25-43(26-24-41)47-31-37-54-49(39-47)32-38-59-60(54)62-61(64-59)46-15-5-2-6-16-46/h1-40H. The number of benzene rings is 11. The average Bonchev–Trinajstić information content (AvgIpc) is 3.83. The van der Waals surface area contributed by atoms with E-state index < -0.39 is 0 Å². The van der Waals surface area contributed by atoms with Gasteiger partial charge in [0.1, 0.15) is 5.52 Å². The van der Waals surface area contributed by atoms with Crippen LogP contribution in [0, 0.1) is 0 Å². The van der Waals surface area contributed by atoms with E-state index in [1.807, 2.05) is 36.4 Å². The zero-order valence-corrected chi connectivity index (χ0v) is 34.9. The first-order valence-corrected chi connectivity index (χ1v) is 21.8. The topological polar surface area (TPSA) is 29.3 Å². The molecule has 0 fully saturated rings. The molecule has 1 aromatic heterocycles. The number of aromatic nitrogens is 1. The molecule has 0 bridgehead atoms. The van der Waals surface area contributed by atoms with Crippen molar-refractivity contribution in [2.75, 3.05) is 4.90 Å². The molecule has 64 heavy (non-hydrogen) atoms. The molecule has 3 heteroatoms. The van der Waals surface area contributed by atoms with Crippen molar-refractivity contribution in [1.29, 1.82) is 0 Å². The van der Waals surface area contributed by atoms with Gasteiger partial charge in [0, 0.05) is 27.9 Å². The van der Waals surface area contributed by atoms with Gasteiger partial charge in [-0.3, -0.25) is 0 Å². The number of nitrogens with zero attached hydrogens (tertiary/aromatic N) is 2. The number of anilines is 3. The van der Waals surface area contributed by atoms with E-state index in [0.717, 1.165) is 66.8 Å². The molecule has 0 saturated carbocycles. The van der Waals surface area contributed by atoms with Gasteiger partial charge in [0.2, 0.25) is 5.89 Å². The SMILES string of the molecule is c1ccc(-c2nc3c(ccc4cc(-c5ccc(-c6ccc(N(c7ccc(-c8cc9ccccc9c9ccccc89)cc7)c7ccccc7-c7ccccc7)cc6)cc5)ccc43)o2)cc1. The zero-order valence-electron chi connectivity index (χ0n) is 34.9. The number of hydrogen-bond acceptors (Lipinski definition) is 3. The Labute approximate surface area is 371 Å². The van der Waals surface area contributed by atoms with E-state index in [4.69, 9.17) is 9.40 Å². The highest BCUT2D eigenvalue weighted by Gasteiger charge is 2.19. The Balaban J connectivity index is 0.875. The van der Waals surface area contributed by atoms with Crippen LogP contribution in [0.5, 0.6) is 0 Å². The molecule has 300 valence electrons. The summed E-state index contributed by atoms with van der Waals surface area (Å²) in [6.07, 6.45) is 0. The van der Waals surface area contributed by atoms with Crippen molar-refractivity contribution >= 4 is 60.5 Å². The maximum atomic E-state index is 6.15. The van der Waals surface area contributed by atoms with E-state index >= 15 is 0 Å². The van der Waals surface area contributed by atoms with E-state index in [9.17, 15) is 0 Å². The molecule has 1 heterocycles. The van der Waals surface area contributed by atoms with Gasteiger partial charge in [0.15, 0.2) is 5.58 Å². The molecule has 0 aliphatic carbocycles. The second kappa shape index (κ2) is 15.7. The van der Waals surface area contributed by atoms with Crippen molar-refractivity contribution < 1.29 is 4.42 Å². The van der Waals surface area contributed by atoms with Crippen LogP contribution in [0.4, 0.5) is 17.1 Å². The van der Waals surface area contributed by atoms with Crippen molar-refractivity contribution in [3.63, 3.8) is 0 Å². The molecule has 0 N–H and O–H groups in total. The average molecular weight is 817 g/mol. The largest absolute Gasteiger partial charge is 0.436 e. The van der Waals surface area contributed by atoms with Crippen LogP contribution in [-0.2, 0) is 0 Å². The monoisotopic (exact) mass is 816 g/mol. The third-order valence-electron chi connectivity index (χ3n) is 12.5. The van der Waals surface area contributed by atoms with Gasteiger partial charge >= 0.3 is 0 Å². The third kappa shape index (κ3) is 6.68. The summed E-state index contributed by atoms with van der Waals surface area (Å²) in [5.41, 5.74) is 15.4. The van der Waals surface area contributed by atoms with Crippen LogP contribution in [-0.4, -0.2) is 4.98 Å². The van der Waals surface area contributed by atoms with Crippen molar-refractivity contribution in [1.82, 2.24) is 4.98 Å². The lowest BCUT2D eigenvalue weighted by Crippen LogP contribution is -2.11. The summed E-state index contributed by atoms with van der Waals surface area (Å²) in [4.78, 5) is 7.27. The normalized spacial score (nSPS) is 11.4. The summed E-state index contributed by atoms with van der Waals surface area (Å²) in [5, 5.41) is 7.27. The van der Waals surface area contributed by atoms with Crippen molar-refractivity contribution in [2.24, 2.45) is 0 Å². The fourth-order valence-electron chi connectivity index (χ4n) is 9.30. The van der Waals surface area contributed by atoms with Crippen LogP contribution in [0.3, 0.4) is 0 Å². The predicted molar refractivity (Wildman–Crippen MR) is 268 cm³/mol. The molecule has 0 spiro atoms. The molecule has 11 aromatic carbocycles. The van der Waals surface area contributed by atoms with Crippen LogP contribution in [0.15, 0.2) is 247 Å². The fourth-order valence-corrected chi connectivity index (χ4v) is 9.30. The summed E-state index contributed by atoms with van der Waals surface area (Å²) in [6, 6.07) is 86.8. The van der Waals surface area contributed by atoms with Gasteiger partial charge < -0.3 is 9.32 Å².